The first-order valence-corrected chi connectivity index (χ1v) is 9.76. The summed E-state index contributed by atoms with van der Waals surface area (Å²) in [7, 11) is 0. The van der Waals surface area contributed by atoms with Gasteiger partial charge in [-0.15, -0.1) is 0 Å². The van der Waals surface area contributed by atoms with Crippen molar-refractivity contribution in [2.24, 2.45) is 0 Å². The first-order chi connectivity index (χ1) is 14.8. The zero-order valence-corrected chi connectivity index (χ0v) is 15.9. The van der Waals surface area contributed by atoms with Crippen molar-refractivity contribution < 1.29 is 18.7 Å². The molecule has 4 heteroatoms. The second-order valence-electron chi connectivity index (χ2n) is 7.29. The van der Waals surface area contributed by atoms with Crippen LogP contribution in [0, 0.1) is 0 Å². The molecule has 0 spiro atoms. The third kappa shape index (κ3) is 2.58. The van der Waals surface area contributed by atoms with Crippen LogP contribution in [0.2, 0.25) is 0 Å². The first kappa shape index (κ1) is 16.9. The molecule has 0 bridgehead atoms. The molecular formula is C26H16O4. The lowest BCUT2D eigenvalue weighted by Gasteiger charge is -2.26. The largest absolute Gasteiger partial charge is 0.457 e. The minimum atomic E-state index is -0.553. The quantitative estimate of drug-likeness (QED) is 0.257. The minimum absolute atomic E-state index is 0.342. The first-order valence-electron chi connectivity index (χ1n) is 9.76. The van der Waals surface area contributed by atoms with Gasteiger partial charge in [0.15, 0.2) is 0 Å². The van der Waals surface area contributed by atoms with Gasteiger partial charge in [0.2, 0.25) is 0 Å². The van der Waals surface area contributed by atoms with Crippen molar-refractivity contribution in [3.05, 3.63) is 102 Å². The Bertz CT molecular complexity index is 1380. The molecule has 1 aliphatic rings. The van der Waals surface area contributed by atoms with E-state index in [4.69, 9.17) is 13.9 Å². The van der Waals surface area contributed by atoms with Crippen molar-refractivity contribution in [2.75, 3.05) is 0 Å². The molecule has 0 amide bonds. The van der Waals surface area contributed by atoms with Crippen molar-refractivity contribution in [3.63, 3.8) is 0 Å². The van der Waals surface area contributed by atoms with Crippen molar-refractivity contribution >= 4 is 27.9 Å². The number of ether oxygens (including phenoxy) is 2. The maximum absolute atomic E-state index is 13.3. The van der Waals surface area contributed by atoms with Crippen LogP contribution in [0.3, 0.4) is 0 Å². The van der Waals surface area contributed by atoms with E-state index in [1.165, 1.54) is 0 Å². The van der Waals surface area contributed by atoms with Gasteiger partial charge in [-0.3, -0.25) is 4.79 Å². The number of carbonyl (C=O) groups is 1. The van der Waals surface area contributed by atoms with Gasteiger partial charge in [0.05, 0.1) is 0 Å². The SMILES string of the molecule is O=C(Oc1ccc2oc3ccccc3c2c1)C1c2ccccc2Oc2ccccc21. The van der Waals surface area contributed by atoms with E-state index in [9.17, 15) is 4.79 Å². The summed E-state index contributed by atoms with van der Waals surface area (Å²) in [4.78, 5) is 13.3. The van der Waals surface area contributed by atoms with Crippen LogP contribution in [0.1, 0.15) is 17.0 Å². The van der Waals surface area contributed by atoms with Crippen LogP contribution >= 0.6 is 0 Å². The predicted molar refractivity (Wildman–Crippen MR) is 114 cm³/mol. The zero-order valence-electron chi connectivity index (χ0n) is 15.9. The number of carbonyl (C=O) groups excluding carboxylic acids is 1. The molecule has 0 unspecified atom stereocenters. The molecule has 0 aliphatic carbocycles. The lowest BCUT2D eigenvalue weighted by atomic mass is 9.88. The Labute approximate surface area is 172 Å². The van der Waals surface area contributed by atoms with Crippen LogP contribution < -0.4 is 9.47 Å². The van der Waals surface area contributed by atoms with Crippen LogP contribution in [-0.4, -0.2) is 5.97 Å². The fourth-order valence-corrected chi connectivity index (χ4v) is 4.11. The molecule has 0 fully saturated rings. The van der Waals surface area contributed by atoms with E-state index in [0.717, 1.165) is 33.1 Å². The number of esters is 1. The average molecular weight is 392 g/mol. The van der Waals surface area contributed by atoms with Gasteiger partial charge >= 0.3 is 5.97 Å². The number of furan rings is 1. The molecule has 1 aromatic heterocycles. The summed E-state index contributed by atoms with van der Waals surface area (Å²) in [6.07, 6.45) is 0. The Morgan fingerprint density at radius 3 is 2.10 bits per heavy atom. The number of rotatable bonds is 2. The van der Waals surface area contributed by atoms with E-state index in [1.54, 1.807) is 6.07 Å². The van der Waals surface area contributed by atoms with Crippen LogP contribution in [-0.2, 0) is 4.79 Å². The second kappa shape index (κ2) is 6.49. The van der Waals surface area contributed by atoms with Crippen LogP contribution in [0.25, 0.3) is 21.9 Å². The van der Waals surface area contributed by atoms with E-state index in [-0.39, 0.29) is 5.97 Å². The molecule has 30 heavy (non-hydrogen) atoms. The molecule has 4 aromatic carbocycles. The maximum atomic E-state index is 13.3. The van der Waals surface area contributed by atoms with E-state index in [1.807, 2.05) is 84.9 Å². The lowest BCUT2D eigenvalue weighted by Crippen LogP contribution is -2.23. The number of para-hydroxylation sites is 3. The smallest absolute Gasteiger partial charge is 0.323 e. The molecule has 5 aromatic rings. The number of fused-ring (bicyclic) bond motifs is 5. The predicted octanol–water partition coefficient (Wildman–Crippen LogP) is 6.43. The molecule has 1 aliphatic heterocycles. The fraction of sp³-hybridized carbons (Fsp3) is 0.0385. The fourth-order valence-electron chi connectivity index (χ4n) is 4.11. The Morgan fingerprint density at radius 2 is 1.33 bits per heavy atom. The topological polar surface area (TPSA) is 48.7 Å². The summed E-state index contributed by atoms with van der Waals surface area (Å²) < 4.78 is 17.7. The molecule has 0 saturated heterocycles. The summed E-state index contributed by atoms with van der Waals surface area (Å²) >= 11 is 0. The normalized spacial score (nSPS) is 12.9. The Balaban J connectivity index is 1.41. The Hall–Kier alpha value is -4.05. The second-order valence-corrected chi connectivity index (χ2v) is 7.29. The lowest BCUT2D eigenvalue weighted by molar-refractivity contribution is -0.135. The zero-order chi connectivity index (χ0) is 20.1. The highest BCUT2D eigenvalue weighted by atomic mass is 16.5. The third-order valence-electron chi connectivity index (χ3n) is 5.48. The summed E-state index contributed by atoms with van der Waals surface area (Å²) in [6, 6.07) is 28.4. The summed E-state index contributed by atoms with van der Waals surface area (Å²) in [5, 5.41) is 1.91. The number of hydrogen-bond acceptors (Lipinski definition) is 4. The average Bonchev–Trinajstić information content (AvgIpc) is 3.15. The van der Waals surface area contributed by atoms with Gasteiger partial charge < -0.3 is 13.9 Å². The van der Waals surface area contributed by atoms with Gasteiger partial charge in [-0.05, 0) is 36.4 Å². The summed E-state index contributed by atoms with van der Waals surface area (Å²) in [5.41, 5.74) is 3.17. The number of hydrogen-bond donors (Lipinski definition) is 0. The van der Waals surface area contributed by atoms with Gasteiger partial charge in [-0.1, -0.05) is 54.6 Å². The van der Waals surface area contributed by atoms with Crippen molar-refractivity contribution in [3.8, 4) is 17.2 Å². The molecule has 0 saturated carbocycles. The number of benzene rings is 4. The maximum Gasteiger partial charge on any atom is 0.323 e. The van der Waals surface area contributed by atoms with Crippen molar-refractivity contribution in [1.82, 2.24) is 0 Å². The standard InChI is InChI=1S/C26H16O4/c27-26(25-18-8-2-5-11-22(18)30-23-12-6-3-9-19(23)25)28-16-13-14-24-20(15-16)17-7-1-4-10-21(17)29-24/h1-15,25H. The third-order valence-corrected chi connectivity index (χ3v) is 5.48. The molecule has 4 nitrogen and oxygen atoms in total. The highest BCUT2D eigenvalue weighted by molar-refractivity contribution is 6.05. The Morgan fingerprint density at radius 1 is 0.700 bits per heavy atom. The van der Waals surface area contributed by atoms with Crippen molar-refractivity contribution in [1.29, 1.82) is 0 Å². The van der Waals surface area contributed by atoms with E-state index < -0.39 is 5.92 Å². The molecule has 0 atom stereocenters. The highest BCUT2D eigenvalue weighted by Gasteiger charge is 2.34. The van der Waals surface area contributed by atoms with Gasteiger partial charge in [0, 0.05) is 21.9 Å². The van der Waals surface area contributed by atoms with Crippen LogP contribution in [0.4, 0.5) is 0 Å². The van der Waals surface area contributed by atoms with E-state index in [2.05, 4.69) is 0 Å². The molecule has 6 rings (SSSR count). The molecule has 2 heterocycles. The summed E-state index contributed by atoms with van der Waals surface area (Å²) in [5.74, 6) is 0.942. The van der Waals surface area contributed by atoms with Gasteiger partial charge in [-0.2, -0.15) is 0 Å². The van der Waals surface area contributed by atoms with E-state index >= 15 is 0 Å². The monoisotopic (exact) mass is 392 g/mol. The minimum Gasteiger partial charge on any atom is -0.457 e. The Kier molecular flexibility index (Phi) is 3.65. The summed E-state index contributed by atoms with van der Waals surface area (Å²) in [6.45, 7) is 0. The molecule has 0 N–H and O–H groups in total. The van der Waals surface area contributed by atoms with Gasteiger partial charge in [0.1, 0.15) is 34.3 Å². The molecule has 0 radical (unpaired) electrons. The van der Waals surface area contributed by atoms with Gasteiger partial charge in [0.25, 0.3) is 0 Å². The molecular weight excluding hydrogens is 376 g/mol. The van der Waals surface area contributed by atoms with Crippen LogP contribution in [0.15, 0.2) is 95.4 Å². The van der Waals surface area contributed by atoms with Crippen molar-refractivity contribution in [2.45, 2.75) is 5.92 Å². The van der Waals surface area contributed by atoms with Crippen LogP contribution in [0.5, 0.6) is 17.2 Å². The highest BCUT2D eigenvalue weighted by Crippen LogP contribution is 2.44. The van der Waals surface area contributed by atoms with Gasteiger partial charge in [-0.25, -0.2) is 0 Å². The molecule has 144 valence electrons. The van der Waals surface area contributed by atoms with E-state index in [0.29, 0.717) is 17.2 Å².